The highest BCUT2D eigenvalue weighted by atomic mass is 19.2. The Labute approximate surface area is 170 Å². The summed E-state index contributed by atoms with van der Waals surface area (Å²) in [7, 11) is 0. The minimum absolute atomic E-state index is 0.202. The van der Waals surface area contributed by atoms with Crippen LogP contribution in [0.25, 0.3) is 11.2 Å². The number of fused-ring (bicyclic) bond motifs is 1. The van der Waals surface area contributed by atoms with Crippen molar-refractivity contribution in [1.82, 2.24) is 19.1 Å². The van der Waals surface area contributed by atoms with Crippen molar-refractivity contribution in [2.24, 2.45) is 0 Å². The van der Waals surface area contributed by atoms with Crippen LogP contribution in [0.15, 0.2) is 27.8 Å². The lowest BCUT2D eigenvalue weighted by molar-refractivity contribution is 0.0452. The summed E-state index contributed by atoms with van der Waals surface area (Å²) in [5, 5.41) is 0. The van der Waals surface area contributed by atoms with E-state index in [0.717, 1.165) is 18.6 Å². The summed E-state index contributed by atoms with van der Waals surface area (Å²) in [5.74, 6) is -3.28. The van der Waals surface area contributed by atoms with E-state index in [0.29, 0.717) is 25.9 Å². The number of rotatable bonds is 8. The van der Waals surface area contributed by atoms with Gasteiger partial charge in [-0.05, 0) is 25.0 Å². The Morgan fingerprint density at radius 2 is 1.90 bits per heavy atom. The average molecular weight is 420 g/mol. The minimum atomic E-state index is -1.30. The number of ether oxygens (including phenoxy) is 1. The van der Waals surface area contributed by atoms with Crippen LogP contribution in [0.2, 0.25) is 0 Å². The van der Waals surface area contributed by atoms with Crippen LogP contribution in [0.3, 0.4) is 0 Å². The second kappa shape index (κ2) is 9.02. The van der Waals surface area contributed by atoms with Crippen LogP contribution in [-0.4, -0.2) is 25.1 Å². The monoisotopic (exact) mass is 420 g/mol. The molecule has 3 rings (SSSR count). The van der Waals surface area contributed by atoms with Crippen molar-refractivity contribution in [1.29, 1.82) is 0 Å². The lowest BCUT2D eigenvalue weighted by Gasteiger charge is -2.09. The summed E-state index contributed by atoms with van der Waals surface area (Å²) in [4.78, 5) is 43.6. The highest BCUT2D eigenvalue weighted by molar-refractivity contribution is 5.89. The van der Waals surface area contributed by atoms with Gasteiger partial charge in [-0.2, -0.15) is 0 Å². The molecule has 0 fully saturated rings. The zero-order valence-corrected chi connectivity index (χ0v) is 16.7. The molecule has 10 heteroatoms. The molecule has 160 valence electrons. The molecule has 1 N–H and O–H groups in total. The molecule has 0 aliphatic heterocycles. The zero-order chi connectivity index (χ0) is 21.8. The van der Waals surface area contributed by atoms with Gasteiger partial charge in [0.15, 0.2) is 22.8 Å². The third-order valence-electron chi connectivity index (χ3n) is 4.65. The van der Waals surface area contributed by atoms with Crippen molar-refractivity contribution < 1.29 is 18.3 Å². The van der Waals surface area contributed by atoms with Crippen molar-refractivity contribution in [2.45, 2.75) is 52.8 Å². The molecule has 0 saturated carbocycles. The number of nitrogens with one attached hydrogen (secondary N) is 1. The fourth-order valence-corrected chi connectivity index (χ4v) is 3.19. The summed E-state index contributed by atoms with van der Waals surface area (Å²) in [6.45, 7) is 4.27. The highest BCUT2D eigenvalue weighted by Gasteiger charge is 2.21. The number of H-pyrrole nitrogens is 1. The van der Waals surface area contributed by atoms with Gasteiger partial charge in [-0.3, -0.25) is 14.3 Å². The molecule has 0 radical (unpaired) electrons. The molecule has 0 spiro atoms. The molecule has 0 aliphatic rings. The van der Waals surface area contributed by atoms with E-state index in [9.17, 15) is 23.2 Å². The first-order valence-corrected chi connectivity index (χ1v) is 9.72. The van der Waals surface area contributed by atoms with Crippen molar-refractivity contribution in [3.8, 4) is 0 Å². The van der Waals surface area contributed by atoms with E-state index in [4.69, 9.17) is 4.74 Å². The number of aromatic amines is 1. The van der Waals surface area contributed by atoms with Gasteiger partial charge in [0.05, 0.1) is 5.56 Å². The maximum absolute atomic E-state index is 13.8. The predicted molar refractivity (Wildman–Crippen MR) is 105 cm³/mol. The van der Waals surface area contributed by atoms with Crippen molar-refractivity contribution in [2.75, 3.05) is 0 Å². The van der Waals surface area contributed by atoms with Gasteiger partial charge >= 0.3 is 11.7 Å². The summed E-state index contributed by atoms with van der Waals surface area (Å²) in [6, 6.07) is 3.21. The van der Waals surface area contributed by atoms with Gasteiger partial charge in [-0.15, -0.1) is 0 Å². The molecular formula is C20H22F2N4O4. The number of benzene rings is 1. The van der Waals surface area contributed by atoms with Crippen molar-refractivity contribution >= 4 is 17.1 Å². The molecule has 1 aromatic carbocycles. The molecule has 0 unspecified atom stereocenters. The fraction of sp³-hybridized carbons (Fsp3) is 0.400. The van der Waals surface area contributed by atoms with E-state index in [1.165, 1.54) is 10.6 Å². The molecule has 0 amide bonds. The number of halogens is 2. The molecule has 0 atom stereocenters. The molecule has 2 aromatic heterocycles. The topological polar surface area (TPSA) is 99.0 Å². The van der Waals surface area contributed by atoms with Gasteiger partial charge in [-0.1, -0.05) is 26.3 Å². The first-order chi connectivity index (χ1) is 14.4. The molecule has 3 aromatic rings. The average Bonchev–Trinajstić information content (AvgIpc) is 3.07. The van der Waals surface area contributed by atoms with Crippen LogP contribution in [0.5, 0.6) is 0 Å². The maximum Gasteiger partial charge on any atom is 0.341 e. The Balaban J connectivity index is 2.00. The van der Waals surface area contributed by atoms with Crippen LogP contribution in [0.1, 0.15) is 49.3 Å². The van der Waals surface area contributed by atoms with Crippen molar-refractivity contribution in [3.63, 3.8) is 0 Å². The van der Waals surface area contributed by atoms with Gasteiger partial charge in [0.2, 0.25) is 0 Å². The minimum Gasteiger partial charge on any atom is -0.454 e. The number of hydrogen-bond acceptors (Lipinski definition) is 5. The molecule has 0 saturated heterocycles. The summed E-state index contributed by atoms with van der Waals surface area (Å²) < 4.78 is 35.3. The summed E-state index contributed by atoms with van der Waals surface area (Å²) in [5.41, 5.74) is -1.28. The van der Waals surface area contributed by atoms with E-state index in [1.807, 2.05) is 13.8 Å². The molecule has 30 heavy (non-hydrogen) atoms. The standard InChI is InChI=1S/C20H22F2N4O4/c1-3-5-10-26-17-16(18(27)24-20(26)29)25(9-4-2)14(23-17)11-30-19(28)12-7-6-8-13(21)15(12)22/h6-8H,3-5,9-11H2,1-2H3,(H,24,27,29). The van der Waals surface area contributed by atoms with E-state index >= 15 is 0 Å². The van der Waals surface area contributed by atoms with Crippen molar-refractivity contribution in [3.05, 3.63) is 62.1 Å². The number of nitrogens with zero attached hydrogens (tertiary/aromatic N) is 3. The lowest BCUT2D eigenvalue weighted by atomic mass is 10.2. The van der Waals surface area contributed by atoms with Crippen LogP contribution >= 0.6 is 0 Å². The fourth-order valence-electron chi connectivity index (χ4n) is 3.19. The second-order valence-corrected chi connectivity index (χ2v) is 6.79. The Kier molecular flexibility index (Phi) is 6.43. The van der Waals surface area contributed by atoms with Crippen LogP contribution in [0.4, 0.5) is 8.78 Å². The number of carbonyl (C=O) groups excluding carboxylic acids is 1. The number of aromatic nitrogens is 4. The zero-order valence-electron chi connectivity index (χ0n) is 16.7. The molecular weight excluding hydrogens is 398 g/mol. The number of esters is 1. The Morgan fingerprint density at radius 3 is 2.60 bits per heavy atom. The Morgan fingerprint density at radius 1 is 1.13 bits per heavy atom. The Hall–Kier alpha value is -3.30. The lowest BCUT2D eigenvalue weighted by Crippen LogP contribution is -2.31. The van der Waals surface area contributed by atoms with E-state index in [2.05, 4.69) is 9.97 Å². The molecule has 0 aliphatic carbocycles. The van der Waals surface area contributed by atoms with Gasteiger partial charge < -0.3 is 9.30 Å². The van der Waals surface area contributed by atoms with Gasteiger partial charge in [0.1, 0.15) is 12.4 Å². The number of carbonyl (C=O) groups is 1. The third kappa shape index (κ3) is 4.03. The number of hydrogen-bond donors (Lipinski definition) is 1. The number of aryl methyl sites for hydroxylation is 2. The van der Waals surface area contributed by atoms with Crippen LogP contribution < -0.4 is 11.2 Å². The smallest absolute Gasteiger partial charge is 0.341 e. The second-order valence-electron chi connectivity index (χ2n) is 6.79. The first kappa shape index (κ1) is 21.4. The summed E-state index contributed by atoms with van der Waals surface area (Å²) in [6.07, 6.45) is 2.20. The SMILES string of the molecule is CCCCn1c(=O)[nH]c(=O)c2c1nc(COC(=O)c1cccc(F)c1F)n2CCC. The van der Waals surface area contributed by atoms with E-state index in [1.54, 1.807) is 4.57 Å². The Bertz CT molecular complexity index is 1200. The third-order valence-corrected chi connectivity index (χ3v) is 4.65. The predicted octanol–water partition coefficient (Wildman–Crippen LogP) is 2.73. The number of imidazole rings is 1. The van der Waals surface area contributed by atoms with E-state index in [-0.39, 0.29) is 23.6 Å². The van der Waals surface area contributed by atoms with E-state index < -0.39 is 34.4 Å². The number of unbranched alkanes of at least 4 members (excludes halogenated alkanes) is 1. The molecule has 0 bridgehead atoms. The molecule has 8 nitrogen and oxygen atoms in total. The first-order valence-electron chi connectivity index (χ1n) is 9.72. The van der Waals surface area contributed by atoms with Crippen LogP contribution in [0, 0.1) is 11.6 Å². The maximum atomic E-state index is 13.8. The normalized spacial score (nSPS) is 11.2. The van der Waals surface area contributed by atoms with Gasteiger partial charge in [0, 0.05) is 13.1 Å². The summed E-state index contributed by atoms with van der Waals surface area (Å²) >= 11 is 0. The molecule has 2 heterocycles. The van der Waals surface area contributed by atoms with Gasteiger partial charge in [0.25, 0.3) is 5.56 Å². The largest absolute Gasteiger partial charge is 0.454 e. The quantitative estimate of drug-likeness (QED) is 0.565. The van der Waals surface area contributed by atoms with Gasteiger partial charge in [-0.25, -0.2) is 23.4 Å². The van der Waals surface area contributed by atoms with Crippen LogP contribution in [-0.2, 0) is 24.4 Å². The highest BCUT2D eigenvalue weighted by Crippen LogP contribution is 2.16.